The van der Waals surface area contributed by atoms with E-state index in [9.17, 15) is 8.42 Å². The third kappa shape index (κ3) is 3.81. The summed E-state index contributed by atoms with van der Waals surface area (Å²) in [6, 6.07) is 5.31. The zero-order valence-corrected chi connectivity index (χ0v) is 12.7. The molecule has 0 unspecified atom stereocenters. The maximum absolute atomic E-state index is 12.0. The molecular weight excluding hydrogens is 282 g/mol. The predicted octanol–water partition coefficient (Wildman–Crippen LogP) is 2.67. The van der Waals surface area contributed by atoms with E-state index in [4.69, 9.17) is 5.73 Å². The Bertz CT molecular complexity index is 699. The van der Waals surface area contributed by atoms with Gasteiger partial charge < -0.3 is 5.73 Å². The zero-order chi connectivity index (χ0) is 14.3. The average molecular weight is 299 g/mol. The molecule has 0 aliphatic heterocycles. The first-order valence-corrected chi connectivity index (χ1v) is 8.28. The number of nitrogens with one attached hydrogen (secondary N) is 1. The van der Waals surface area contributed by atoms with Crippen LogP contribution in [0, 0.1) is 5.41 Å². The Hall–Kier alpha value is -1.34. The topological polar surface area (TPSA) is 85.1 Å². The van der Waals surface area contributed by atoms with Crippen LogP contribution >= 0.6 is 11.3 Å². The van der Waals surface area contributed by atoms with Crippen molar-refractivity contribution in [3.05, 3.63) is 18.2 Å². The third-order valence-corrected chi connectivity index (χ3v) is 5.09. The molecule has 3 N–H and O–H groups in total. The standard InChI is InChI=1S/C12H17N3O2S2/c1-12(2,3)7-19(16,17)15-11-14-9-5-4-8(13)6-10(9)18-11/h4-6H,7,13H2,1-3H3,(H,14,15). The molecule has 19 heavy (non-hydrogen) atoms. The van der Waals surface area contributed by atoms with Gasteiger partial charge in [-0.3, -0.25) is 4.72 Å². The molecule has 0 radical (unpaired) electrons. The quantitative estimate of drug-likeness (QED) is 0.853. The minimum Gasteiger partial charge on any atom is -0.399 e. The summed E-state index contributed by atoms with van der Waals surface area (Å²) in [4.78, 5) is 4.24. The highest BCUT2D eigenvalue weighted by atomic mass is 32.2. The molecule has 0 amide bonds. The number of benzene rings is 1. The van der Waals surface area contributed by atoms with Crippen LogP contribution in [0.15, 0.2) is 18.2 Å². The van der Waals surface area contributed by atoms with Crippen LogP contribution in [-0.4, -0.2) is 19.2 Å². The molecule has 0 spiro atoms. The zero-order valence-electron chi connectivity index (χ0n) is 11.1. The predicted molar refractivity (Wildman–Crippen MR) is 80.9 cm³/mol. The van der Waals surface area contributed by atoms with Crippen LogP contribution in [0.25, 0.3) is 10.2 Å². The Morgan fingerprint density at radius 2 is 2.05 bits per heavy atom. The second kappa shape index (κ2) is 4.64. The SMILES string of the molecule is CC(C)(C)CS(=O)(=O)Nc1nc2ccc(N)cc2s1. The average Bonchev–Trinajstić information content (AvgIpc) is 2.53. The molecular formula is C12H17N3O2S2. The number of hydrogen-bond acceptors (Lipinski definition) is 5. The van der Waals surface area contributed by atoms with Crippen molar-refractivity contribution < 1.29 is 8.42 Å². The summed E-state index contributed by atoms with van der Waals surface area (Å²) in [6.45, 7) is 5.64. The molecule has 1 aromatic heterocycles. The second-order valence-corrected chi connectivity index (χ2v) is 8.42. The summed E-state index contributed by atoms with van der Waals surface area (Å²) in [6.07, 6.45) is 0. The van der Waals surface area contributed by atoms with Gasteiger partial charge in [-0.15, -0.1) is 0 Å². The fourth-order valence-corrected chi connectivity index (χ4v) is 4.56. The Morgan fingerprint density at radius 3 is 2.68 bits per heavy atom. The van der Waals surface area contributed by atoms with Crippen molar-refractivity contribution in [2.75, 3.05) is 16.2 Å². The van der Waals surface area contributed by atoms with Gasteiger partial charge in [0.05, 0.1) is 16.0 Å². The van der Waals surface area contributed by atoms with Gasteiger partial charge >= 0.3 is 0 Å². The molecule has 0 saturated carbocycles. The number of nitrogens with two attached hydrogens (primary N) is 1. The van der Waals surface area contributed by atoms with Gasteiger partial charge in [0.25, 0.3) is 0 Å². The van der Waals surface area contributed by atoms with Crippen LogP contribution in [0.3, 0.4) is 0 Å². The first kappa shape index (κ1) is 14.1. The summed E-state index contributed by atoms with van der Waals surface area (Å²) in [5.41, 5.74) is 6.77. The highest BCUT2D eigenvalue weighted by Gasteiger charge is 2.22. The minimum absolute atomic E-state index is 0.0536. The molecule has 0 aliphatic carbocycles. The first-order valence-electron chi connectivity index (χ1n) is 5.81. The molecule has 0 fully saturated rings. The van der Waals surface area contributed by atoms with Crippen LogP contribution in [-0.2, 0) is 10.0 Å². The molecule has 1 aromatic carbocycles. The van der Waals surface area contributed by atoms with E-state index in [-0.39, 0.29) is 11.2 Å². The monoisotopic (exact) mass is 299 g/mol. The van der Waals surface area contributed by atoms with Gasteiger partial charge in [-0.25, -0.2) is 13.4 Å². The Kier molecular flexibility index (Phi) is 3.44. The van der Waals surface area contributed by atoms with E-state index in [1.807, 2.05) is 20.8 Å². The van der Waals surface area contributed by atoms with E-state index in [1.54, 1.807) is 18.2 Å². The molecule has 1 heterocycles. The van der Waals surface area contributed by atoms with Crippen molar-refractivity contribution in [2.45, 2.75) is 20.8 Å². The smallest absolute Gasteiger partial charge is 0.235 e. The number of fused-ring (bicyclic) bond motifs is 1. The van der Waals surface area contributed by atoms with Crippen LogP contribution in [0.2, 0.25) is 0 Å². The molecule has 104 valence electrons. The largest absolute Gasteiger partial charge is 0.399 e. The molecule has 0 saturated heterocycles. The second-order valence-electron chi connectivity index (χ2n) is 5.67. The lowest BCUT2D eigenvalue weighted by atomic mass is 10.0. The number of aromatic nitrogens is 1. The van der Waals surface area contributed by atoms with Crippen molar-refractivity contribution in [2.24, 2.45) is 5.41 Å². The summed E-state index contributed by atoms with van der Waals surface area (Å²) < 4.78 is 27.4. The van der Waals surface area contributed by atoms with Gasteiger partial charge in [0.1, 0.15) is 0 Å². The van der Waals surface area contributed by atoms with Crippen LogP contribution < -0.4 is 10.5 Å². The number of thiazole rings is 1. The molecule has 2 aromatic rings. The Morgan fingerprint density at radius 1 is 1.37 bits per heavy atom. The van der Waals surface area contributed by atoms with Crippen molar-refractivity contribution in [3.8, 4) is 0 Å². The first-order chi connectivity index (χ1) is 8.65. The third-order valence-electron chi connectivity index (χ3n) is 2.28. The Balaban J connectivity index is 2.26. The van der Waals surface area contributed by atoms with Gasteiger partial charge in [0, 0.05) is 5.69 Å². The summed E-state index contributed by atoms with van der Waals surface area (Å²) >= 11 is 1.28. The number of sulfonamides is 1. The van der Waals surface area contributed by atoms with Crippen molar-refractivity contribution in [3.63, 3.8) is 0 Å². The number of nitrogens with zero attached hydrogens (tertiary/aromatic N) is 1. The maximum atomic E-state index is 12.0. The van der Waals surface area contributed by atoms with Gasteiger partial charge in [-0.1, -0.05) is 32.1 Å². The normalized spacial score (nSPS) is 12.8. The van der Waals surface area contributed by atoms with Gasteiger partial charge in [0.2, 0.25) is 10.0 Å². The van der Waals surface area contributed by atoms with Crippen LogP contribution in [0.4, 0.5) is 10.8 Å². The van der Waals surface area contributed by atoms with E-state index < -0.39 is 10.0 Å². The lowest BCUT2D eigenvalue weighted by molar-refractivity contribution is 0.463. The number of hydrogen-bond donors (Lipinski definition) is 2. The molecule has 7 heteroatoms. The van der Waals surface area contributed by atoms with Gasteiger partial charge in [-0.2, -0.15) is 0 Å². The number of rotatable bonds is 3. The summed E-state index contributed by atoms with van der Waals surface area (Å²) in [5.74, 6) is 0.0536. The van der Waals surface area contributed by atoms with Gasteiger partial charge in [-0.05, 0) is 23.6 Å². The van der Waals surface area contributed by atoms with Crippen LogP contribution in [0.1, 0.15) is 20.8 Å². The number of nitrogen functional groups attached to an aromatic ring is 1. The minimum atomic E-state index is -3.38. The molecule has 0 bridgehead atoms. The molecule has 0 aliphatic rings. The lowest BCUT2D eigenvalue weighted by Gasteiger charge is -2.17. The number of anilines is 2. The van der Waals surface area contributed by atoms with E-state index in [1.165, 1.54) is 11.3 Å². The van der Waals surface area contributed by atoms with E-state index in [0.717, 1.165) is 10.2 Å². The highest BCUT2D eigenvalue weighted by Crippen LogP contribution is 2.28. The Labute approximate surface area is 116 Å². The van der Waals surface area contributed by atoms with Crippen molar-refractivity contribution in [1.82, 2.24) is 4.98 Å². The fraction of sp³-hybridized carbons (Fsp3) is 0.417. The van der Waals surface area contributed by atoms with E-state index in [0.29, 0.717) is 10.8 Å². The highest BCUT2D eigenvalue weighted by molar-refractivity contribution is 7.92. The van der Waals surface area contributed by atoms with E-state index >= 15 is 0 Å². The van der Waals surface area contributed by atoms with E-state index in [2.05, 4.69) is 9.71 Å². The summed E-state index contributed by atoms with van der Waals surface area (Å²) in [7, 11) is -3.38. The molecule has 5 nitrogen and oxygen atoms in total. The lowest BCUT2D eigenvalue weighted by Crippen LogP contribution is -2.26. The van der Waals surface area contributed by atoms with Crippen LogP contribution in [0.5, 0.6) is 0 Å². The van der Waals surface area contributed by atoms with Gasteiger partial charge in [0.15, 0.2) is 5.13 Å². The maximum Gasteiger partial charge on any atom is 0.235 e. The molecule has 0 atom stereocenters. The fourth-order valence-electron chi connectivity index (χ4n) is 1.72. The molecule has 2 rings (SSSR count). The van der Waals surface area contributed by atoms with Crippen molar-refractivity contribution >= 4 is 42.4 Å². The van der Waals surface area contributed by atoms with Crippen molar-refractivity contribution in [1.29, 1.82) is 0 Å². The summed E-state index contributed by atoms with van der Waals surface area (Å²) in [5, 5.41) is 0.379.